The molecule has 1 saturated heterocycles. The lowest BCUT2D eigenvalue weighted by Gasteiger charge is -2.38. The maximum Gasteiger partial charge on any atom is 0.316 e. The Bertz CT molecular complexity index is 1020. The van der Waals surface area contributed by atoms with Gasteiger partial charge in [0, 0.05) is 48.6 Å². The van der Waals surface area contributed by atoms with Crippen molar-refractivity contribution in [1.29, 1.82) is 0 Å². The Hall–Kier alpha value is -3.33. The average Bonchev–Trinajstić information content (AvgIpc) is 2.72. The zero-order chi connectivity index (χ0) is 20.4. The van der Waals surface area contributed by atoms with Gasteiger partial charge in [-0.2, -0.15) is 10.1 Å². The summed E-state index contributed by atoms with van der Waals surface area (Å²) >= 11 is 0. The molecule has 4 rings (SSSR count). The van der Waals surface area contributed by atoms with Crippen molar-refractivity contribution in [3.63, 3.8) is 0 Å². The Labute approximate surface area is 168 Å². The van der Waals surface area contributed by atoms with Crippen LogP contribution in [0, 0.1) is 0 Å². The lowest BCUT2D eigenvalue weighted by Crippen LogP contribution is -2.54. The van der Waals surface area contributed by atoms with Gasteiger partial charge in [0.05, 0.1) is 18.2 Å². The third-order valence-corrected chi connectivity index (χ3v) is 4.84. The van der Waals surface area contributed by atoms with Crippen LogP contribution in [0.25, 0.3) is 10.9 Å². The highest BCUT2D eigenvalue weighted by molar-refractivity contribution is 6.13. The number of ether oxygens (including phenoxy) is 1. The van der Waals surface area contributed by atoms with Gasteiger partial charge in [0.1, 0.15) is 0 Å². The van der Waals surface area contributed by atoms with Crippen LogP contribution in [0.3, 0.4) is 0 Å². The third-order valence-electron chi connectivity index (χ3n) is 4.84. The number of aromatic nitrogens is 4. The van der Waals surface area contributed by atoms with Gasteiger partial charge < -0.3 is 20.3 Å². The van der Waals surface area contributed by atoms with Crippen molar-refractivity contribution in [3.8, 4) is 6.01 Å². The van der Waals surface area contributed by atoms with E-state index in [4.69, 9.17) is 4.74 Å². The summed E-state index contributed by atoms with van der Waals surface area (Å²) in [6.45, 7) is 6.04. The van der Waals surface area contributed by atoms with Crippen molar-refractivity contribution in [2.24, 2.45) is 0 Å². The van der Waals surface area contributed by atoms with Crippen molar-refractivity contribution in [3.05, 3.63) is 42.2 Å². The molecule has 2 aromatic heterocycles. The topological polar surface area (TPSA) is 105 Å². The van der Waals surface area contributed by atoms with Crippen LogP contribution in [0.2, 0.25) is 0 Å². The Morgan fingerprint density at radius 3 is 2.72 bits per heavy atom. The van der Waals surface area contributed by atoms with E-state index in [-0.39, 0.29) is 11.9 Å². The zero-order valence-electron chi connectivity index (χ0n) is 16.6. The predicted molar refractivity (Wildman–Crippen MR) is 110 cm³/mol. The number of hydrogen-bond acceptors (Lipinski definition) is 8. The maximum absolute atomic E-state index is 12.9. The van der Waals surface area contributed by atoms with Gasteiger partial charge in [0.15, 0.2) is 5.82 Å². The minimum Gasteiger partial charge on any atom is -0.467 e. The first-order chi connectivity index (χ1) is 14.0. The van der Waals surface area contributed by atoms with Gasteiger partial charge in [-0.3, -0.25) is 4.79 Å². The molecule has 0 radical (unpaired) electrons. The Morgan fingerprint density at radius 1 is 1.24 bits per heavy atom. The van der Waals surface area contributed by atoms with Gasteiger partial charge in [0.25, 0.3) is 5.91 Å². The Balaban J connectivity index is 1.77. The molecule has 1 fully saturated rings. The molecule has 1 aliphatic rings. The van der Waals surface area contributed by atoms with Crippen LogP contribution >= 0.6 is 0 Å². The summed E-state index contributed by atoms with van der Waals surface area (Å²) in [4.78, 5) is 24.0. The van der Waals surface area contributed by atoms with Crippen molar-refractivity contribution in [1.82, 2.24) is 25.5 Å². The zero-order valence-corrected chi connectivity index (χ0v) is 16.6. The first kappa shape index (κ1) is 19.0. The number of methoxy groups -OCH3 is 1. The van der Waals surface area contributed by atoms with Crippen LogP contribution in [0.5, 0.6) is 6.01 Å². The number of fused-ring (bicyclic) bond motifs is 1. The quantitative estimate of drug-likeness (QED) is 0.692. The molecule has 150 valence electrons. The van der Waals surface area contributed by atoms with Crippen molar-refractivity contribution < 1.29 is 9.53 Å². The van der Waals surface area contributed by atoms with Crippen LogP contribution in [0.15, 0.2) is 36.7 Å². The van der Waals surface area contributed by atoms with Crippen LogP contribution in [-0.4, -0.2) is 58.4 Å². The lowest BCUT2D eigenvalue weighted by molar-refractivity contribution is 0.102. The molecule has 9 heteroatoms. The number of piperazine rings is 1. The van der Waals surface area contributed by atoms with E-state index >= 15 is 0 Å². The van der Waals surface area contributed by atoms with Crippen molar-refractivity contribution in [2.75, 3.05) is 30.4 Å². The molecule has 9 nitrogen and oxygen atoms in total. The monoisotopic (exact) mass is 393 g/mol. The number of anilines is 2. The summed E-state index contributed by atoms with van der Waals surface area (Å²) in [6.07, 6.45) is 3.26. The molecule has 0 spiro atoms. The largest absolute Gasteiger partial charge is 0.467 e. The highest BCUT2D eigenvalue weighted by Gasteiger charge is 2.24. The number of hydrogen-bond donors (Lipinski definition) is 2. The van der Waals surface area contributed by atoms with Crippen LogP contribution < -0.4 is 20.3 Å². The summed E-state index contributed by atoms with van der Waals surface area (Å²) in [5.74, 6) is 0.0605. The normalized spacial score (nSPS) is 19.2. The number of nitrogens with one attached hydrogen (secondary N) is 2. The molecule has 3 aromatic rings. The van der Waals surface area contributed by atoms with E-state index in [0.717, 1.165) is 24.2 Å². The van der Waals surface area contributed by atoms with Gasteiger partial charge in [-0.15, -0.1) is 5.10 Å². The van der Waals surface area contributed by atoms with Crippen molar-refractivity contribution >= 4 is 28.3 Å². The van der Waals surface area contributed by atoms with Gasteiger partial charge in [-0.05, 0) is 38.1 Å². The molecule has 2 N–H and O–H groups in total. The molecule has 1 aromatic carbocycles. The number of rotatable bonds is 4. The molecule has 3 heterocycles. The minimum absolute atomic E-state index is 0.213. The molecule has 0 saturated carbocycles. The van der Waals surface area contributed by atoms with Crippen LogP contribution in [-0.2, 0) is 0 Å². The van der Waals surface area contributed by atoms with Crippen molar-refractivity contribution in [2.45, 2.75) is 25.9 Å². The van der Waals surface area contributed by atoms with Gasteiger partial charge in [-0.25, -0.2) is 4.98 Å². The standard InChI is InChI=1S/C20H23N7O2/c1-12-10-27(11-13(2)23-12)16-7-6-14(18-15(16)9-21-20(25-18)29-3)19(28)24-17-5-4-8-22-26-17/h4-9,12-13,23H,10-11H2,1-3H3,(H,24,26,28)/t12-,13-/m1/s1. The van der Waals surface area contributed by atoms with Gasteiger partial charge in [0.2, 0.25) is 0 Å². The highest BCUT2D eigenvalue weighted by Crippen LogP contribution is 2.30. The van der Waals surface area contributed by atoms with E-state index in [9.17, 15) is 4.79 Å². The molecule has 29 heavy (non-hydrogen) atoms. The lowest BCUT2D eigenvalue weighted by atomic mass is 10.0. The summed E-state index contributed by atoms with van der Waals surface area (Å²) in [5.41, 5.74) is 1.96. The highest BCUT2D eigenvalue weighted by atomic mass is 16.5. The number of nitrogens with zero attached hydrogens (tertiary/aromatic N) is 5. The first-order valence-electron chi connectivity index (χ1n) is 9.49. The molecular formula is C20H23N7O2. The van der Waals surface area contributed by atoms with E-state index < -0.39 is 0 Å². The summed E-state index contributed by atoms with van der Waals surface area (Å²) < 4.78 is 5.19. The van der Waals surface area contributed by atoms with Crippen LogP contribution in [0.1, 0.15) is 24.2 Å². The smallest absolute Gasteiger partial charge is 0.316 e. The fraction of sp³-hybridized carbons (Fsp3) is 0.350. The fourth-order valence-electron chi connectivity index (χ4n) is 3.72. The summed E-state index contributed by atoms with van der Waals surface area (Å²) in [5, 5.41) is 14.8. The van der Waals surface area contributed by atoms with E-state index in [1.54, 1.807) is 30.6 Å². The van der Waals surface area contributed by atoms with E-state index in [1.165, 1.54) is 7.11 Å². The number of amides is 1. The maximum atomic E-state index is 12.9. The molecule has 0 unspecified atom stereocenters. The Kier molecular flexibility index (Phi) is 5.22. The molecule has 1 amide bonds. The molecule has 2 atom stereocenters. The average molecular weight is 393 g/mol. The summed E-state index contributed by atoms with van der Waals surface area (Å²) in [6, 6.07) is 8.05. The minimum atomic E-state index is -0.315. The number of carbonyl (C=O) groups excluding carboxylic acids is 1. The molecular weight excluding hydrogens is 370 g/mol. The first-order valence-corrected chi connectivity index (χ1v) is 9.49. The molecule has 0 aliphatic carbocycles. The second-order valence-corrected chi connectivity index (χ2v) is 7.19. The third kappa shape index (κ3) is 3.95. The van der Waals surface area contributed by atoms with E-state index in [2.05, 4.69) is 49.5 Å². The Morgan fingerprint density at radius 2 is 2.03 bits per heavy atom. The second-order valence-electron chi connectivity index (χ2n) is 7.19. The van der Waals surface area contributed by atoms with Crippen LogP contribution in [0.4, 0.5) is 11.5 Å². The summed E-state index contributed by atoms with van der Waals surface area (Å²) in [7, 11) is 1.50. The van der Waals surface area contributed by atoms with Gasteiger partial charge in [-0.1, -0.05) is 0 Å². The molecule has 1 aliphatic heterocycles. The fourth-order valence-corrected chi connectivity index (χ4v) is 3.72. The molecule has 0 bridgehead atoms. The number of carbonyl (C=O) groups is 1. The predicted octanol–water partition coefficient (Wildman–Crippen LogP) is 1.87. The number of benzene rings is 1. The van der Waals surface area contributed by atoms with Gasteiger partial charge >= 0.3 is 6.01 Å². The van der Waals surface area contributed by atoms with E-state index in [0.29, 0.717) is 29.0 Å². The van der Waals surface area contributed by atoms with E-state index in [1.807, 2.05) is 6.07 Å². The second kappa shape index (κ2) is 7.96. The SMILES string of the molecule is COc1ncc2c(N3C[C@@H](C)N[C@H](C)C3)ccc(C(=O)Nc3cccnn3)c2n1.